The lowest BCUT2D eigenvalue weighted by Crippen LogP contribution is -2.46. The maximum absolute atomic E-state index is 11.8. The van der Waals surface area contributed by atoms with Crippen LogP contribution in [0.2, 0.25) is 0 Å². The zero-order valence-corrected chi connectivity index (χ0v) is 9.62. The average molecular weight is 247 g/mol. The average Bonchev–Trinajstić information content (AvgIpc) is 2.68. The first-order valence-corrected chi connectivity index (χ1v) is 5.75. The Hall–Kier alpha value is -2.24. The Labute approximate surface area is 103 Å². The van der Waals surface area contributed by atoms with Crippen LogP contribution in [0.25, 0.3) is 0 Å². The number of carbonyl (C=O) groups excluding carboxylic acids is 1. The van der Waals surface area contributed by atoms with E-state index < -0.39 is 11.5 Å². The number of rotatable bonds is 2. The number of hydrogen-bond acceptors (Lipinski definition) is 3. The van der Waals surface area contributed by atoms with Crippen LogP contribution in [-0.4, -0.2) is 30.2 Å². The van der Waals surface area contributed by atoms with Crippen molar-refractivity contribution in [1.29, 1.82) is 0 Å². The summed E-state index contributed by atoms with van der Waals surface area (Å²) in [5, 5.41) is 17.2. The molecule has 0 fully saturated rings. The molecule has 1 unspecified atom stereocenters. The first-order chi connectivity index (χ1) is 8.61. The van der Waals surface area contributed by atoms with Gasteiger partial charge in [-0.15, -0.1) is 0 Å². The van der Waals surface area contributed by atoms with E-state index in [0.717, 1.165) is 16.9 Å². The van der Waals surface area contributed by atoms with Gasteiger partial charge in [-0.1, -0.05) is 6.07 Å². The standard InChI is InChI=1S/C12H13N3O3/c16-9-4-12(6-14-11(17)18)5-13-7-2-1-3-8(15-9)10(7)12/h1-3,13-14H,4-6H2,(H,15,16)(H,17,18). The van der Waals surface area contributed by atoms with Crippen LogP contribution in [0, 0.1) is 0 Å². The monoisotopic (exact) mass is 247 g/mol. The molecule has 2 aliphatic rings. The largest absolute Gasteiger partial charge is 0.465 e. The molecule has 0 radical (unpaired) electrons. The summed E-state index contributed by atoms with van der Waals surface area (Å²) in [6.07, 6.45) is -0.772. The van der Waals surface area contributed by atoms with Crippen LogP contribution < -0.4 is 16.0 Å². The van der Waals surface area contributed by atoms with E-state index in [2.05, 4.69) is 16.0 Å². The Kier molecular flexibility index (Phi) is 2.19. The lowest BCUT2D eigenvalue weighted by molar-refractivity contribution is -0.117. The minimum absolute atomic E-state index is 0.0736. The lowest BCUT2D eigenvalue weighted by atomic mass is 9.76. The van der Waals surface area contributed by atoms with E-state index in [0.29, 0.717) is 13.0 Å². The molecule has 1 aromatic rings. The number of hydrogen-bond donors (Lipinski definition) is 4. The van der Waals surface area contributed by atoms with Crippen molar-refractivity contribution in [3.05, 3.63) is 23.8 Å². The number of benzene rings is 1. The van der Waals surface area contributed by atoms with Crippen LogP contribution in [0.4, 0.5) is 16.2 Å². The predicted molar refractivity (Wildman–Crippen MR) is 65.9 cm³/mol. The second kappa shape index (κ2) is 3.63. The molecule has 6 heteroatoms. The minimum Gasteiger partial charge on any atom is -0.465 e. The molecule has 18 heavy (non-hydrogen) atoms. The smallest absolute Gasteiger partial charge is 0.404 e. The first kappa shape index (κ1) is 10.9. The Morgan fingerprint density at radius 3 is 3.00 bits per heavy atom. The molecule has 0 aromatic heterocycles. The topological polar surface area (TPSA) is 90.5 Å². The molecule has 2 heterocycles. The quantitative estimate of drug-likeness (QED) is 0.626. The van der Waals surface area contributed by atoms with Gasteiger partial charge in [0.2, 0.25) is 5.91 Å². The fraction of sp³-hybridized carbons (Fsp3) is 0.333. The fourth-order valence-corrected chi connectivity index (χ4v) is 2.84. The highest BCUT2D eigenvalue weighted by atomic mass is 16.4. The van der Waals surface area contributed by atoms with Gasteiger partial charge in [0, 0.05) is 41.9 Å². The van der Waals surface area contributed by atoms with Crippen LogP contribution in [0.3, 0.4) is 0 Å². The molecule has 1 atom stereocenters. The van der Waals surface area contributed by atoms with Gasteiger partial charge in [-0.2, -0.15) is 0 Å². The number of amides is 2. The molecule has 1 aromatic carbocycles. The lowest BCUT2D eigenvalue weighted by Gasteiger charge is -2.33. The van der Waals surface area contributed by atoms with Gasteiger partial charge in [-0.25, -0.2) is 4.79 Å². The molecular formula is C12H13N3O3. The van der Waals surface area contributed by atoms with E-state index in [-0.39, 0.29) is 12.5 Å². The summed E-state index contributed by atoms with van der Waals surface area (Å²) < 4.78 is 0. The third kappa shape index (κ3) is 1.49. The SMILES string of the molecule is O=C(O)NCC12CNc3cccc(c31)NC(=O)C2. The van der Waals surface area contributed by atoms with E-state index in [4.69, 9.17) is 5.11 Å². The van der Waals surface area contributed by atoms with Gasteiger partial charge in [0.25, 0.3) is 0 Å². The van der Waals surface area contributed by atoms with Crippen molar-refractivity contribution >= 4 is 23.4 Å². The number of carboxylic acid groups (broad SMARTS) is 1. The summed E-state index contributed by atoms with van der Waals surface area (Å²) in [5.41, 5.74) is 2.30. The highest BCUT2D eigenvalue weighted by molar-refractivity contribution is 5.98. The second-order valence-electron chi connectivity index (χ2n) is 4.75. The van der Waals surface area contributed by atoms with Crippen molar-refractivity contribution in [2.45, 2.75) is 11.8 Å². The van der Waals surface area contributed by atoms with Crippen molar-refractivity contribution in [3.63, 3.8) is 0 Å². The summed E-state index contributed by atoms with van der Waals surface area (Å²) in [6.45, 7) is 0.819. The Balaban J connectivity index is 2.04. The second-order valence-corrected chi connectivity index (χ2v) is 4.75. The molecular weight excluding hydrogens is 234 g/mol. The zero-order valence-electron chi connectivity index (χ0n) is 9.62. The minimum atomic E-state index is -1.07. The van der Waals surface area contributed by atoms with Crippen molar-refractivity contribution in [2.24, 2.45) is 0 Å². The maximum atomic E-state index is 11.8. The fourth-order valence-electron chi connectivity index (χ4n) is 2.84. The van der Waals surface area contributed by atoms with Crippen LogP contribution in [0.5, 0.6) is 0 Å². The molecule has 2 amide bonds. The van der Waals surface area contributed by atoms with E-state index >= 15 is 0 Å². The van der Waals surface area contributed by atoms with Gasteiger partial charge in [-0.3, -0.25) is 4.79 Å². The summed E-state index contributed by atoms with van der Waals surface area (Å²) in [6, 6.07) is 5.66. The van der Waals surface area contributed by atoms with Crippen molar-refractivity contribution in [3.8, 4) is 0 Å². The zero-order chi connectivity index (χ0) is 12.8. The normalized spacial score (nSPS) is 23.9. The van der Waals surface area contributed by atoms with Gasteiger partial charge in [0.15, 0.2) is 0 Å². The number of carbonyl (C=O) groups is 2. The number of anilines is 2. The third-order valence-corrected chi connectivity index (χ3v) is 3.56. The van der Waals surface area contributed by atoms with E-state index in [1.807, 2.05) is 18.2 Å². The predicted octanol–water partition coefficient (Wildman–Crippen LogP) is 0.960. The number of nitrogens with one attached hydrogen (secondary N) is 3. The Morgan fingerprint density at radius 2 is 2.22 bits per heavy atom. The summed E-state index contributed by atoms with van der Waals surface area (Å²) in [7, 11) is 0. The Morgan fingerprint density at radius 1 is 1.44 bits per heavy atom. The molecule has 0 spiro atoms. The van der Waals surface area contributed by atoms with Gasteiger partial charge in [0.1, 0.15) is 0 Å². The van der Waals surface area contributed by atoms with Crippen molar-refractivity contribution < 1.29 is 14.7 Å². The molecule has 0 bridgehead atoms. The Bertz CT molecular complexity index is 543. The van der Waals surface area contributed by atoms with Crippen molar-refractivity contribution in [1.82, 2.24) is 5.32 Å². The molecule has 3 rings (SSSR count). The highest BCUT2D eigenvalue weighted by Gasteiger charge is 2.45. The van der Waals surface area contributed by atoms with Crippen LogP contribution in [-0.2, 0) is 10.2 Å². The molecule has 0 saturated carbocycles. The molecule has 2 aliphatic heterocycles. The van der Waals surface area contributed by atoms with Gasteiger partial charge < -0.3 is 21.1 Å². The highest BCUT2D eigenvalue weighted by Crippen LogP contribution is 2.46. The van der Waals surface area contributed by atoms with Crippen molar-refractivity contribution in [2.75, 3.05) is 23.7 Å². The van der Waals surface area contributed by atoms with Gasteiger partial charge in [0.05, 0.1) is 0 Å². The molecule has 94 valence electrons. The summed E-state index contributed by atoms with van der Waals surface area (Å²) in [4.78, 5) is 22.4. The summed E-state index contributed by atoms with van der Waals surface area (Å²) >= 11 is 0. The van der Waals surface area contributed by atoms with Crippen LogP contribution >= 0.6 is 0 Å². The van der Waals surface area contributed by atoms with E-state index in [1.54, 1.807) is 0 Å². The van der Waals surface area contributed by atoms with E-state index in [1.165, 1.54) is 0 Å². The first-order valence-electron chi connectivity index (χ1n) is 5.75. The third-order valence-electron chi connectivity index (χ3n) is 3.56. The van der Waals surface area contributed by atoms with Gasteiger partial charge in [-0.05, 0) is 12.1 Å². The summed E-state index contributed by atoms with van der Waals surface area (Å²) in [5.74, 6) is -0.0736. The molecule has 6 nitrogen and oxygen atoms in total. The molecule has 0 saturated heterocycles. The van der Waals surface area contributed by atoms with Gasteiger partial charge >= 0.3 is 6.09 Å². The maximum Gasteiger partial charge on any atom is 0.404 e. The molecule has 0 aliphatic carbocycles. The van der Waals surface area contributed by atoms with Crippen LogP contribution in [0.1, 0.15) is 12.0 Å². The van der Waals surface area contributed by atoms with Crippen LogP contribution in [0.15, 0.2) is 18.2 Å². The molecule has 4 N–H and O–H groups in total. The van der Waals surface area contributed by atoms with E-state index in [9.17, 15) is 9.59 Å².